The quantitative estimate of drug-likeness (QED) is 0.855. The van der Waals surface area contributed by atoms with E-state index in [1.54, 1.807) is 36.0 Å². The minimum atomic E-state index is -3.51. The lowest BCUT2D eigenvalue weighted by atomic mass is 10.2. The molecular formula is C15H17NO2S2. The van der Waals surface area contributed by atoms with Gasteiger partial charge in [0.05, 0.1) is 4.90 Å². The van der Waals surface area contributed by atoms with Gasteiger partial charge in [-0.1, -0.05) is 19.1 Å². The second-order valence-electron chi connectivity index (χ2n) is 4.33. The monoisotopic (exact) mass is 307 g/mol. The molecule has 0 amide bonds. The first-order valence-electron chi connectivity index (χ1n) is 6.31. The molecule has 2 rings (SSSR count). The van der Waals surface area contributed by atoms with Crippen LogP contribution in [0.1, 0.15) is 12.5 Å². The minimum Gasteiger partial charge on any atom is -0.280 e. The van der Waals surface area contributed by atoms with Crippen LogP contribution < -0.4 is 4.72 Å². The molecule has 2 aromatic rings. The molecule has 2 aromatic carbocycles. The van der Waals surface area contributed by atoms with Gasteiger partial charge in [-0.3, -0.25) is 4.72 Å². The Bertz CT molecular complexity index is 662. The van der Waals surface area contributed by atoms with Gasteiger partial charge in [0.15, 0.2) is 0 Å². The molecule has 0 unspecified atom stereocenters. The van der Waals surface area contributed by atoms with E-state index in [4.69, 9.17) is 0 Å². The van der Waals surface area contributed by atoms with Crippen molar-refractivity contribution < 1.29 is 8.42 Å². The predicted molar refractivity (Wildman–Crippen MR) is 84.9 cm³/mol. The highest BCUT2D eigenvalue weighted by Crippen LogP contribution is 2.20. The van der Waals surface area contributed by atoms with Gasteiger partial charge < -0.3 is 0 Å². The van der Waals surface area contributed by atoms with Crippen LogP contribution >= 0.6 is 11.8 Å². The fourth-order valence-corrected chi connectivity index (χ4v) is 3.24. The number of rotatable bonds is 5. The maximum Gasteiger partial charge on any atom is 0.261 e. The van der Waals surface area contributed by atoms with Crippen LogP contribution in [0.4, 0.5) is 5.69 Å². The zero-order valence-electron chi connectivity index (χ0n) is 11.5. The van der Waals surface area contributed by atoms with Crippen LogP contribution in [0.5, 0.6) is 0 Å². The molecule has 0 aliphatic heterocycles. The highest BCUT2D eigenvalue weighted by molar-refractivity contribution is 7.98. The van der Waals surface area contributed by atoms with Gasteiger partial charge in [0.25, 0.3) is 10.0 Å². The van der Waals surface area contributed by atoms with Crippen LogP contribution in [0.3, 0.4) is 0 Å². The van der Waals surface area contributed by atoms with Crippen molar-refractivity contribution in [3.63, 3.8) is 0 Å². The maximum atomic E-state index is 12.2. The Morgan fingerprint density at radius 1 is 1.00 bits per heavy atom. The molecule has 20 heavy (non-hydrogen) atoms. The van der Waals surface area contributed by atoms with Gasteiger partial charge in [-0.05, 0) is 54.6 Å². The van der Waals surface area contributed by atoms with Crippen LogP contribution in [0, 0.1) is 0 Å². The number of anilines is 1. The highest BCUT2D eigenvalue weighted by Gasteiger charge is 2.13. The SMILES string of the molecule is CCc1ccc(S(=O)(=O)Nc2ccc(SC)cc2)cc1. The molecule has 0 fully saturated rings. The first-order valence-corrected chi connectivity index (χ1v) is 9.02. The van der Waals surface area contributed by atoms with Crippen molar-refractivity contribution in [2.45, 2.75) is 23.1 Å². The number of hydrogen-bond acceptors (Lipinski definition) is 3. The number of benzene rings is 2. The lowest BCUT2D eigenvalue weighted by Crippen LogP contribution is -2.12. The van der Waals surface area contributed by atoms with E-state index in [0.717, 1.165) is 16.9 Å². The molecule has 0 aliphatic rings. The summed E-state index contributed by atoms with van der Waals surface area (Å²) in [4.78, 5) is 1.38. The number of aryl methyl sites for hydroxylation is 1. The lowest BCUT2D eigenvalue weighted by Gasteiger charge is -2.09. The Labute approximate surface area is 124 Å². The molecule has 0 spiro atoms. The molecule has 0 saturated carbocycles. The second-order valence-corrected chi connectivity index (χ2v) is 6.89. The number of hydrogen-bond donors (Lipinski definition) is 1. The smallest absolute Gasteiger partial charge is 0.261 e. The third-order valence-corrected chi connectivity index (χ3v) is 5.12. The normalized spacial score (nSPS) is 11.3. The van der Waals surface area contributed by atoms with Crippen LogP contribution in [0.2, 0.25) is 0 Å². The molecule has 0 saturated heterocycles. The summed E-state index contributed by atoms with van der Waals surface area (Å²) in [6.45, 7) is 2.04. The maximum absolute atomic E-state index is 12.2. The third-order valence-electron chi connectivity index (χ3n) is 2.98. The van der Waals surface area contributed by atoms with Crippen LogP contribution in [0.15, 0.2) is 58.3 Å². The predicted octanol–water partition coefficient (Wildman–Crippen LogP) is 3.77. The third kappa shape index (κ3) is 3.55. The molecule has 0 atom stereocenters. The minimum absolute atomic E-state index is 0.281. The summed E-state index contributed by atoms with van der Waals surface area (Å²) in [6, 6.07) is 14.3. The van der Waals surface area contributed by atoms with Crippen molar-refractivity contribution in [2.24, 2.45) is 0 Å². The van der Waals surface area contributed by atoms with Crippen molar-refractivity contribution in [2.75, 3.05) is 11.0 Å². The van der Waals surface area contributed by atoms with E-state index in [-0.39, 0.29) is 4.90 Å². The topological polar surface area (TPSA) is 46.2 Å². The summed E-state index contributed by atoms with van der Waals surface area (Å²) in [6.07, 6.45) is 2.87. The van der Waals surface area contributed by atoms with Gasteiger partial charge in [0.2, 0.25) is 0 Å². The van der Waals surface area contributed by atoms with Crippen LogP contribution in [0.25, 0.3) is 0 Å². The second kappa shape index (κ2) is 6.33. The van der Waals surface area contributed by atoms with Crippen molar-refractivity contribution >= 4 is 27.5 Å². The molecular weight excluding hydrogens is 290 g/mol. The van der Waals surface area contributed by atoms with Gasteiger partial charge >= 0.3 is 0 Å². The fourth-order valence-electron chi connectivity index (χ4n) is 1.78. The molecule has 106 valence electrons. The van der Waals surface area contributed by atoms with Crippen molar-refractivity contribution in [1.82, 2.24) is 0 Å². The van der Waals surface area contributed by atoms with Gasteiger partial charge in [0.1, 0.15) is 0 Å². The Hall–Kier alpha value is -1.46. The number of nitrogens with one attached hydrogen (secondary N) is 1. The number of sulfonamides is 1. The number of thioether (sulfide) groups is 1. The summed E-state index contributed by atoms with van der Waals surface area (Å²) in [5.41, 5.74) is 1.69. The summed E-state index contributed by atoms with van der Waals surface area (Å²) in [5.74, 6) is 0. The largest absolute Gasteiger partial charge is 0.280 e. The van der Waals surface area contributed by atoms with Gasteiger partial charge in [0, 0.05) is 10.6 Å². The van der Waals surface area contributed by atoms with Crippen LogP contribution in [-0.4, -0.2) is 14.7 Å². The lowest BCUT2D eigenvalue weighted by molar-refractivity contribution is 0.601. The first-order chi connectivity index (χ1) is 9.55. The zero-order valence-corrected chi connectivity index (χ0v) is 13.1. The Kier molecular flexibility index (Phi) is 4.73. The average Bonchev–Trinajstić information content (AvgIpc) is 2.48. The van der Waals surface area contributed by atoms with E-state index in [9.17, 15) is 8.42 Å². The first kappa shape index (κ1) is 14.9. The Balaban J connectivity index is 2.20. The molecule has 3 nitrogen and oxygen atoms in total. The molecule has 0 aliphatic carbocycles. The standard InChI is InChI=1S/C15H17NO2S2/c1-3-12-4-10-15(11-5-12)20(17,18)16-13-6-8-14(19-2)9-7-13/h4-11,16H,3H2,1-2H3. The molecule has 1 N–H and O–H groups in total. The summed E-state index contributed by atoms with van der Waals surface area (Å²) in [5, 5.41) is 0. The van der Waals surface area contributed by atoms with Crippen molar-refractivity contribution in [3.8, 4) is 0 Å². The van der Waals surface area contributed by atoms with E-state index < -0.39 is 10.0 Å². The molecule has 5 heteroatoms. The molecule has 0 radical (unpaired) electrons. The summed E-state index contributed by atoms with van der Waals surface area (Å²) >= 11 is 1.62. The van der Waals surface area contributed by atoms with E-state index >= 15 is 0 Å². The van der Waals surface area contributed by atoms with E-state index in [1.165, 1.54) is 0 Å². The van der Waals surface area contributed by atoms with Gasteiger partial charge in [-0.15, -0.1) is 11.8 Å². The fraction of sp³-hybridized carbons (Fsp3) is 0.200. The van der Waals surface area contributed by atoms with E-state index in [0.29, 0.717) is 5.69 Å². The van der Waals surface area contributed by atoms with Gasteiger partial charge in [-0.25, -0.2) is 8.42 Å². The molecule has 0 heterocycles. The van der Waals surface area contributed by atoms with Gasteiger partial charge in [-0.2, -0.15) is 0 Å². The van der Waals surface area contributed by atoms with Crippen molar-refractivity contribution in [3.05, 3.63) is 54.1 Å². The van der Waals surface area contributed by atoms with Crippen molar-refractivity contribution in [1.29, 1.82) is 0 Å². The zero-order chi connectivity index (χ0) is 14.6. The van der Waals surface area contributed by atoms with Crippen LogP contribution in [-0.2, 0) is 16.4 Å². The molecule has 0 bridgehead atoms. The average molecular weight is 307 g/mol. The van der Waals surface area contributed by atoms with E-state index in [2.05, 4.69) is 4.72 Å². The summed E-state index contributed by atoms with van der Waals surface area (Å²) < 4.78 is 27.1. The molecule has 0 aromatic heterocycles. The Morgan fingerprint density at radius 3 is 2.10 bits per heavy atom. The Morgan fingerprint density at radius 2 is 1.60 bits per heavy atom. The summed E-state index contributed by atoms with van der Waals surface area (Å²) in [7, 11) is -3.51. The highest BCUT2D eigenvalue weighted by atomic mass is 32.2. The van der Waals surface area contributed by atoms with E-state index in [1.807, 2.05) is 37.4 Å².